The first-order valence-corrected chi connectivity index (χ1v) is 10.5. The van der Waals surface area contributed by atoms with Gasteiger partial charge in [0, 0.05) is 6.54 Å². The first-order valence-electron chi connectivity index (χ1n) is 10.5. The normalized spacial score (nSPS) is 19.4. The predicted octanol–water partition coefficient (Wildman–Crippen LogP) is 4.21. The maximum atomic E-state index is 13.8. The largest absolute Gasteiger partial charge is 0.497 e. The minimum atomic E-state index is -0.586. The topological polar surface area (TPSA) is 41.6 Å². The van der Waals surface area contributed by atoms with E-state index in [0.717, 1.165) is 43.7 Å². The monoisotopic (exact) mass is 396 g/mol. The molecule has 2 aromatic rings. The van der Waals surface area contributed by atoms with Crippen LogP contribution in [0.5, 0.6) is 5.75 Å². The van der Waals surface area contributed by atoms with Crippen molar-refractivity contribution in [2.75, 3.05) is 26.7 Å². The molecule has 1 amide bonds. The number of methoxy groups -OCH3 is 1. The molecule has 1 N–H and O–H groups in total. The van der Waals surface area contributed by atoms with E-state index >= 15 is 0 Å². The van der Waals surface area contributed by atoms with Crippen LogP contribution in [0.25, 0.3) is 0 Å². The zero-order chi connectivity index (χ0) is 20.3. The molecule has 1 heterocycles. The summed E-state index contributed by atoms with van der Waals surface area (Å²) in [5.41, 5.74) is 1.39. The summed E-state index contributed by atoms with van der Waals surface area (Å²) in [5.74, 6) is 0.569. The van der Waals surface area contributed by atoms with E-state index in [2.05, 4.69) is 22.3 Å². The first-order chi connectivity index (χ1) is 14.1. The number of hydrogen-bond donors (Lipinski definition) is 1. The van der Waals surface area contributed by atoms with Crippen LogP contribution in [0.1, 0.15) is 49.3 Å². The summed E-state index contributed by atoms with van der Waals surface area (Å²) >= 11 is 0. The van der Waals surface area contributed by atoms with E-state index in [4.69, 9.17) is 4.74 Å². The van der Waals surface area contributed by atoms with Crippen LogP contribution in [0.15, 0.2) is 48.5 Å². The number of benzene rings is 2. The quantitative estimate of drug-likeness (QED) is 0.762. The molecule has 1 atom stereocenters. The third-order valence-electron chi connectivity index (χ3n) is 6.56. The summed E-state index contributed by atoms with van der Waals surface area (Å²) < 4.78 is 19.1. The van der Waals surface area contributed by atoms with Gasteiger partial charge in [-0.15, -0.1) is 0 Å². The maximum Gasteiger partial charge on any atom is 0.230 e. The summed E-state index contributed by atoms with van der Waals surface area (Å²) in [6, 6.07) is 14.8. The highest BCUT2D eigenvalue weighted by atomic mass is 19.1. The minimum Gasteiger partial charge on any atom is -0.497 e. The van der Waals surface area contributed by atoms with Crippen molar-refractivity contribution in [3.8, 4) is 5.75 Å². The van der Waals surface area contributed by atoms with Crippen LogP contribution in [-0.4, -0.2) is 37.6 Å². The highest BCUT2D eigenvalue weighted by molar-refractivity contribution is 5.89. The number of ether oxygens (including phenoxy) is 1. The van der Waals surface area contributed by atoms with Crippen molar-refractivity contribution in [2.24, 2.45) is 0 Å². The molecule has 2 aliphatic rings. The molecule has 2 fully saturated rings. The van der Waals surface area contributed by atoms with Crippen molar-refractivity contribution in [3.63, 3.8) is 0 Å². The second-order valence-corrected chi connectivity index (χ2v) is 8.19. The van der Waals surface area contributed by atoms with Gasteiger partial charge in [-0.1, -0.05) is 30.7 Å². The van der Waals surface area contributed by atoms with Crippen molar-refractivity contribution >= 4 is 5.91 Å². The lowest BCUT2D eigenvalue weighted by Crippen LogP contribution is -2.51. The van der Waals surface area contributed by atoms with Gasteiger partial charge >= 0.3 is 0 Å². The van der Waals surface area contributed by atoms with Crippen LogP contribution < -0.4 is 10.1 Å². The fraction of sp³-hybridized carbons (Fsp3) is 0.458. The summed E-state index contributed by atoms with van der Waals surface area (Å²) in [4.78, 5) is 15.7. The Morgan fingerprint density at radius 3 is 2.45 bits per heavy atom. The fourth-order valence-corrected chi connectivity index (χ4v) is 4.66. The Hall–Kier alpha value is -2.40. The number of hydrogen-bond acceptors (Lipinski definition) is 3. The van der Waals surface area contributed by atoms with E-state index in [0.29, 0.717) is 6.54 Å². The number of nitrogens with one attached hydrogen (secondary N) is 1. The summed E-state index contributed by atoms with van der Waals surface area (Å²) in [6.07, 6.45) is 4.93. The van der Waals surface area contributed by atoms with Gasteiger partial charge in [0.1, 0.15) is 11.6 Å². The third-order valence-corrected chi connectivity index (χ3v) is 6.56. The highest BCUT2D eigenvalue weighted by Crippen LogP contribution is 2.44. The van der Waals surface area contributed by atoms with Crippen molar-refractivity contribution in [1.29, 1.82) is 0 Å². The van der Waals surface area contributed by atoms with Gasteiger partial charge in [0.25, 0.3) is 0 Å². The van der Waals surface area contributed by atoms with Crippen LogP contribution in [0.3, 0.4) is 0 Å². The van der Waals surface area contributed by atoms with Gasteiger partial charge < -0.3 is 10.1 Å². The molecule has 0 aromatic heterocycles. The summed E-state index contributed by atoms with van der Waals surface area (Å²) in [7, 11) is 1.66. The lowest BCUT2D eigenvalue weighted by molar-refractivity contribution is -0.130. The van der Waals surface area contributed by atoms with E-state index in [1.54, 1.807) is 13.2 Å². The Balaban J connectivity index is 1.51. The van der Waals surface area contributed by atoms with E-state index in [1.165, 1.54) is 30.5 Å². The predicted molar refractivity (Wildman–Crippen MR) is 111 cm³/mol. The van der Waals surface area contributed by atoms with E-state index in [9.17, 15) is 9.18 Å². The van der Waals surface area contributed by atoms with Gasteiger partial charge in [0.05, 0.1) is 18.6 Å². The van der Waals surface area contributed by atoms with Crippen LogP contribution in [-0.2, 0) is 10.2 Å². The van der Waals surface area contributed by atoms with Crippen LogP contribution >= 0.6 is 0 Å². The molecule has 154 valence electrons. The summed E-state index contributed by atoms with van der Waals surface area (Å²) in [6.45, 7) is 2.64. The Morgan fingerprint density at radius 2 is 1.86 bits per heavy atom. The first kappa shape index (κ1) is 19.9. The molecule has 1 aliphatic heterocycles. The average molecular weight is 397 g/mol. The van der Waals surface area contributed by atoms with Gasteiger partial charge in [-0.05, 0) is 74.2 Å². The van der Waals surface area contributed by atoms with Gasteiger partial charge in [0.15, 0.2) is 0 Å². The molecule has 1 saturated heterocycles. The van der Waals surface area contributed by atoms with Crippen LogP contribution in [0, 0.1) is 5.82 Å². The molecule has 1 aliphatic carbocycles. The molecule has 29 heavy (non-hydrogen) atoms. The maximum absolute atomic E-state index is 13.8. The van der Waals surface area contributed by atoms with E-state index in [-0.39, 0.29) is 17.8 Å². The smallest absolute Gasteiger partial charge is 0.230 e. The fourth-order valence-electron chi connectivity index (χ4n) is 4.66. The molecule has 1 saturated carbocycles. The van der Waals surface area contributed by atoms with Crippen LogP contribution in [0.2, 0.25) is 0 Å². The Labute approximate surface area is 172 Å². The van der Waals surface area contributed by atoms with Gasteiger partial charge in [-0.25, -0.2) is 4.39 Å². The van der Waals surface area contributed by atoms with Crippen molar-refractivity contribution in [1.82, 2.24) is 10.2 Å². The Bertz CT molecular complexity index is 842. The molecule has 4 rings (SSSR count). The molecule has 2 aromatic carbocycles. The standard InChI is InChI=1S/C24H29FN2O2/c1-29-21-10-8-18(9-11-21)22(27-14-2-3-15-27)17-26-23(28)24(12-5-13-24)19-6-4-7-20(25)16-19/h4,6-11,16,22H,2-3,5,12-15,17H2,1H3,(H,26,28). The molecule has 0 radical (unpaired) electrons. The molecular formula is C24H29FN2O2. The molecule has 0 spiro atoms. The van der Waals surface area contributed by atoms with Gasteiger partial charge in [-0.2, -0.15) is 0 Å². The number of amides is 1. The SMILES string of the molecule is COc1ccc(C(CNC(=O)C2(c3cccc(F)c3)CCC2)N2CCCC2)cc1. The van der Waals surface area contributed by atoms with E-state index in [1.807, 2.05) is 18.2 Å². The number of likely N-dealkylation sites (tertiary alicyclic amines) is 1. The molecule has 5 heteroatoms. The van der Waals surface area contributed by atoms with Crippen molar-refractivity contribution < 1.29 is 13.9 Å². The molecule has 0 bridgehead atoms. The number of carbonyl (C=O) groups is 1. The number of carbonyl (C=O) groups excluding carboxylic acids is 1. The minimum absolute atomic E-state index is 0.0204. The third kappa shape index (κ3) is 4.01. The number of rotatable bonds is 7. The Morgan fingerprint density at radius 1 is 1.14 bits per heavy atom. The van der Waals surface area contributed by atoms with Crippen molar-refractivity contribution in [3.05, 3.63) is 65.5 Å². The van der Waals surface area contributed by atoms with Gasteiger partial charge in [0.2, 0.25) is 5.91 Å². The second kappa shape index (κ2) is 8.54. The van der Waals surface area contributed by atoms with Crippen molar-refractivity contribution in [2.45, 2.75) is 43.6 Å². The summed E-state index contributed by atoms with van der Waals surface area (Å²) in [5, 5.41) is 3.21. The van der Waals surface area contributed by atoms with E-state index < -0.39 is 5.41 Å². The molecular weight excluding hydrogens is 367 g/mol. The molecule has 4 nitrogen and oxygen atoms in total. The number of halogens is 1. The lowest BCUT2D eigenvalue weighted by atomic mass is 9.63. The van der Waals surface area contributed by atoms with Gasteiger partial charge in [-0.3, -0.25) is 9.69 Å². The van der Waals surface area contributed by atoms with Crippen LogP contribution in [0.4, 0.5) is 4.39 Å². The second-order valence-electron chi connectivity index (χ2n) is 8.19. The molecule has 1 unspecified atom stereocenters. The number of nitrogens with zero attached hydrogens (tertiary/aromatic N) is 1. The highest BCUT2D eigenvalue weighted by Gasteiger charge is 2.45. The zero-order valence-electron chi connectivity index (χ0n) is 17.0. The lowest BCUT2D eigenvalue weighted by Gasteiger charge is -2.41. The Kier molecular flexibility index (Phi) is 5.86. The zero-order valence-corrected chi connectivity index (χ0v) is 17.0. The average Bonchev–Trinajstić information content (AvgIpc) is 3.22.